The third kappa shape index (κ3) is 2.41. The molecule has 1 aliphatic carbocycles. The van der Waals surface area contributed by atoms with Gasteiger partial charge in [-0.05, 0) is 30.5 Å². The zero-order valence-corrected chi connectivity index (χ0v) is 11.4. The van der Waals surface area contributed by atoms with Gasteiger partial charge in [-0.1, -0.05) is 30.1 Å². The third-order valence-electron chi connectivity index (χ3n) is 4.17. The summed E-state index contributed by atoms with van der Waals surface area (Å²) in [5.41, 5.74) is 6.86. The van der Waals surface area contributed by atoms with Crippen LogP contribution < -0.4 is 5.73 Å². The molecule has 1 heterocycles. The van der Waals surface area contributed by atoms with Crippen LogP contribution >= 0.6 is 0 Å². The molecule has 1 aromatic heterocycles. The van der Waals surface area contributed by atoms with E-state index < -0.39 is 0 Å². The summed E-state index contributed by atoms with van der Waals surface area (Å²) < 4.78 is 5.45. The van der Waals surface area contributed by atoms with Crippen LogP contribution in [0.4, 0.5) is 0 Å². The highest BCUT2D eigenvalue weighted by atomic mass is 16.5. The van der Waals surface area contributed by atoms with Crippen LogP contribution in [0.2, 0.25) is 0 Å². The molecule has 1 fully saturated rings. The van der Waals surface area contributed by atoms with Crippen molar-refractivity contribution in [1.82, 2.24) is 10.1 Å². The lowest BCUT2D eigenvalue weighted by molar-refractivity contribution is 0.283. The van der Waals surface area contributed by atoms with Crippen LogP contribution in [-0.2, 0) is 11.8 Å². The van der Waals surface area contributed by atoms with Crippen molar-refractivity contribution in [3.63, 3.8) is 0 Å². The number of phenols is 1. The van der Waals surface area contributed by atoms with Crippen molar-refractivity contribution < 1.29 is 9.63 Å². The Balaban J connectivity index is 1.78. The van der Waals surface area contributed by atoms with Gasteiger partial charge in [0.2, 0.25) is 5.89 Å². The Morgan fingerprint density at radius 2 is 1.90 bits per heavy atom. The Bertz CT molecular complexity index is 571. The van der Waals surface area contributed by atoms with Crippen LogP contribution in [0, 0.1) is 0 Å². The first kappa shape index (κ1) is 13.1. The van der Waals surface area contributed by atoms with E-state index in [1.165, 1.54) is 12.8 Å². The monoisotopic (exact) mass is 273 g/mol. The second-order valence-electron chi connectivity index (χ2n) is 5.55. The lowest BCUT2D eigenvalue weighted by Crippen LogP contribution is -2.32. The van der Waals surface area contributed by atoms with Crippen molar-refractivity contribution in [2.75, 3.05) is 6.54 Å². The molecule has 0 aliphatic heterocycles. The molecule has 106 valence electrons. The van der Waals surface area contributed by atoms with Crippen molar-refractivity contribution in [2.24, 2.45) is 5.73 Å². The molecule has 1 aromatic carbocycles. The van der Waals surface area contributed by atoms with Gasteiger partial charge in [-0.3, -0.25) is 0 Å². The zero-order valence-electron chi connectivity index (χ0n) is 11.4. The summed E-state index contributed by atoms with van der Waals surface area (Å²) in [6, 6.07) is 7.04. The highest BCUT2D eigenvalue weighted by molar-refractivity contribution is 5.27. The molecule has 3 N–H and O–H groups in total. The van der Waals surface area contributed by atoms with Crippen molar-refractivity contribution in [2.45, 2.75) is 37.5 Å². The average molecular weight is 273 g/mol. The summed E-state index contributed by atoms with van der Waals surface area (Å²) in [4.78, 5) is 4.53. The van der Waals surface area contributed by atoms with Crippen LogP contribution in [0.25, 0.3) is 0 Å². The molecule has 20 heavy (non-hydrogen) atoms. The smallest absolute Gasteiger partial charge is 0.234 e. The number of rotatable bonds is 4. The molecular weight excluding hydrogens is 254 g/mol. The van der Waals surface area contributed by atoms with E-state index in [0.717, 1.165) is 18.4 Å². The van der Waals surface area contributed by atoms with Crippen LogP contribution in [0.3, 0.4) is 0 Å². The molecule has 3 rings (SSSR count). The number of benzene rings is 1. The molecule has 0 amide bonds. The van der Waals surface area contributed by atoms with E-state index in [0.29, 0.717) is 24.7 Å². The molecule has 0 saturated heterocycles. The van der Waals surface area contributed by atoms with Gasteiger partial charge in [0, 0.05) is 13.0 Å². The van der Waals surface area contributed by atoms with E-state index in [2.05, 4.69) is 10.1 Å². The maximum Gasteiger partial charge on any atom is 0.234 e. The molecule has 0 unspecified atom stereocenters. The number of hydrogen-bond donors (Lipinski definition) is 2. The molecule has 1 aliphatic rings. The van der Waals surface area contributed by atoms with E-state index in [1.54, 1.807) is 12.1 Å². The number of aromatic hydroxyl groups is 1. The van der Waals surface area contributed by atoms with Crippen LogP contribution in [0.5, 0.6) is 5.75 Å². The number of phenolic OH excluding ortho intramolecular Hbond substituents is 1. The summed E-state index contributed by atoms with van der Waals surface area (Å²) >= 11 is 0. The van der Waals surface area contributed by atoms with Gasteiger partial charge in [-0.2, -0.15) is 4.98 Å². The second kappa shape index (κ2) is 5.25. The number of nitrogens with two attached hydrogens (primary N) is 1. The van der Waals surface area contributed by atoms with Crippen LogP contribution in [0.15, 0.2) is 28.8 Å². The van der Waals surface area contributed by atoms with Gasteiger partial charge < -0.3 is 15.4 Å². The minimum atomic E-state index is -0.111. The van der Waals surface area contributed by atoms with Crippen molar-refractivity contribution in [3.05, 3.63) is 41.5 Å². The largest absolute Gasteiger partial charge is 0.508 e. The van der Waals surface area contributed by atoms with E-state index in [9.17, 15) is 5.11 Å². The molecule has 0 radical (unpaired) electrons. The van der Waals surface area contributed by atoms with Crippen molar-refractivity contribution >= 4 is 0 Å². The first-order valence-corrected chi connectivity index (χ1v) is 7.03. The van der Waals surface area contributed by atoms with Crippen molar-refractivity contribution in [3.8, 4) is 5.75 Å². The van der Waals surface area contributed by atoms with Gasteiger partial charge in [0.25, 0.3) is 0 Å². The summed E-state index contributed by atoms with van der Waals surface area (Å²) in [7, 11) is 0. The van der Waals surface area contributed by atoms with Crippen LogP contribution in [-0.4, -0.2) is 21.8 Å². The molecule has 0 atom stereocenters. The Labute approximate surface area is 117 Å². The predicted octanol–water partition coefficient (Wildman–Crippen LogP) is 2.14. The van der Waals surface area contributed by atoms with Crippen molar-refractivity contribution in [1.29, 1.82) is 0 Å². The van der Waals surface area contributed by atoms with Gasteiger partial charge in [0.1, 0.15) is 5.75 Å². The van der Waals surface area contributed by atoms with E-state index in [-0.39, 0.29) is 11.2 Å². The maximum atomic E-state index is 9.27. The standard InChI is InChI=1S/C15H19N3O2/c16-10-15(7-1-2-8-15)14-17-13(18-20-14)9-11-3-5-12(19)6-4-11/h3-6,19H,1-2,7-10,16H2. The highest BCUT2D eigenvalue weighted by Gasteiger charge is 2.39. The molecule has 0 spiro atoms. The molecule has 2 aromatic rings. The lowest BCUT2D eigenvalue weighted by atomic mass is 9.86. The Kier molecular flexibility index (Phi) is 3.44. The summed E-state index contributed by atoms with van der Waals surface area (Å²) in [6.45, 7) is 0.563. The number of aromatic nitrogens is 2. The van der Waals surface area contributed by atoms with Gasteiger partial charge in [0.15, 0.2) is 5.82 Å². The molecule has 1 saturated carbocycles. The summed E-state index contributed by atoms with van der Waals surface area (Å²) in [5, 5.41) is 13.3. The minimum Gasteiger partial charge on any atom is -0.508 e. The fourth-order valence-electron chi connectivity index (χ4n) is 2.89. The summed E-state index contributed by atoms with van der Waals surface area (Å²) in [6.07, 6.45) is 5.01. The second-order valence-corrected chi connectivity index (χ2v) is 5.55. The van der Waals surface area contributed by atoms with E-state index in [1.807, 2.05) is 12.1 Å². The average Bonchev–Trinajstić information content (AvgIpc) is 3.11. The predicted molar refractivity (Wildman–Crippen MR) is 74.4 cm³/mol. The van der Waals surface area contributed by atoms with E-state index in [4.69, 9.17) is 10.3 Å². The number of hydrogen-bond acceptors (Lipinski definition) is 5. The summed E-state index contributed by atoms with van der Waals surface area (Å²) in [5.74, 6) is 1.62. The molecular formula is C15H19N3O2. The normalized spacial score (nSPS) is 17.4. The quantitative estimate of drug-likeness (QED) is 0.891. The highest BCUT2D eigenvalue weighted by Crippen LogP contribution is 2.39. The minimum absolute atomic E-state index is 0.111. The van der Waals surface area contributed by atoms with Gasteiger partial charge >= 0.3 is 0 Å². The van der Waals surface area contributed by atoms with Crippen LogP contribution in [0.1, 0.15) is 43.0 Å². The molecule has 5 heteroatoms. The fourth-order valence-corrected chi connectivity index (χ4v) is 2.89. The molecule has 0 bridgehead atoms. The Morgan fingerprint density at radius 3 is 2.55 bits per heavy atom. The topological polar surface area (TPSA) is 85.2 Å². The van der Waals surface area contributed by atoms with Gasteiger partial charge in [0.05, 0.1) is 5.41 Å². The Morgan fingerprint density at radius 1 is 1.20 bits per heavy atom. The first-order valence-electron chi connectivity index (χ1n) is 7.03. The first-order chi connectivity index (χ1) is 9.72. The van der Waals surface area contributed by atoms with Gasteiger partial charge in [-0.25, -0.2) is 0 Å². The Hall–Kier alpha value is -1.88. The van der Waals surface area contributed by atoms with Gasteiger partial charge in [-0.15, -0.1) is 0 Å². The SMILES string of the molecule is NCC1(c2nc(Cc3ccc(O)cc3)no2)CCCC1. The third-order valence-corrected chi connectivity index (χ3v) is 4.17. The lowest BCUT2D eigenvalue weighted by Gasteiger charge is -2.21. The van der Waals surface area contributed by atoms with E-state index >= 15 is 0 Å². The molecule has 5 nitrogen and oxygen atoms in total. The fraction of sp³-hybridized carbons (Fsp3) is 0.467. The maximum absolute atomic E-state index is 9.27. The number of nitrogens with zero attached hydrogens (tertiary/aromatic N) is 2. The zero-order chi connectivity index (χ0) is 14.0.